The van der Waals surface area contributed by atoms with Gasteiger partial charge in [-0.2, -0.15) is 0 Å². The zero-order valence-corrected chi connectivity index (χ0v) is 9.54. The molecule has 74 valence electrons. The van der Waals surface area contributed by atoms with Crippen molar-refractivity contribution < 1.29 is 4.42 Å². The molecule has 0 saturated heterocycles. The lowest BCUT2D eigenvalue weighted by Gasteiger charge is -2.03. The Labute approximate surface area is 91.2 Å². The van der Waals surface area contributed by atoms with Gasteiger partial charge in [-0.3, -0.25) is 0 Å². The van der Waals surface area contributed by atoms with Crippen molar-refractivity contribution in [2.45, 2.75) is 19.4 Å². The van der Waals surface area contributed by atoms with E-state index in [1.54, 1.807) is 0 Å². The highest BCUT2D eigenvalue weighted by Crippen LogP contribution is 2.24. The zero-order chi connectivity index (χ0) is 10.1. The first-order valence-corrected chi connectivity index (χ1v) is 5.38. The second-order valence-electron chi connectivity index (χ2n) is 3.60. The Morgan fingerprint density at radius 3 is 2.93 bits per heavy atom. The van der Waals surface area contributed by atoms with Crippen molar-refractivity contribution in [2.75, 3.05) is 0 Å². The van der Waals surface area contributed by atoms with Crippen LogP contribution >= 0.6 is 15.9 Å². The lowest BCUT2D eigenvalue weighted by molar-refractivity contribution is 0.586. The largest absolute Gasteiger partial charge is 0.449 e. The molecule has 0 bridgehead atoms. The molecule has 0 fully saturated rings. The molecule has 1 aromatic heterocycles. The van der Waals surface area contributed by atoms with Crippen molar-refractivity contribution >= 4 is 26.9 Å². The van der Waals surface area contributed by atoms with Gasteiger partial charge in [0.1, 0.15) is 5.58 Å². The highest BCUT2D eigenvalue weighted by atomic mass is 79.9. The van der Waals surface area contributed by atoms with E-state index in [0.29, 0.717) is 0 Å². The summed E-state index contributed by atoms with van der Waals surface area (Å²) in [5.41, 5.74) is 7.86. The van der Waals surface area contributed by atoms with Crippen LogP contribution in [0.1, 0.15) is 12.5 Å². The predicted octanol–water partition coefficient (Wildman–Crippen LogP) is 3.09. The summed E-state index contributed by atoms with van der Waals surface area (Å²) < 4.78 is 6.23. The van der Waals surface area contributed by atoms with Crippen LogP contribution in [0.4, 0.5) is 0 Å². The Morgan fingerprint density at radius 2 is 2.21 bits per heavy atom. The predicted molar refractivity (Wildman–Crippen MR) is 61.3 cm³/mol. The molecule has 0 amide bonds. The Kier molecular flexibility index (Phi) is 2.61. The summed E-state index contributed by atoms with van der Waals surface area (Å²) in [6.45, 7) is 2.00. The number of fused-ring (bicyclic) bond motifs is 1. The van der Waals surface area contributed by atoms with Crippen LogP contribution in [0.2, 0.25) is 0 Å². The Hall–Kier alpha value is -0.800. The highest BCUT2D eigenvalue weighted by Gasteiger charge is 2.03. The van der Waals surface area contributed by atoms with E-state index in [1.165, 1.54) is 5.56 Å². The molecule has 1 aromatic carbocycles. The average molecular weight is 254 g/mol. The quantitative estimate of drug-likeness (QED) is 0.894. The maximum absolute atomic E-state index is 5.73. The highest BCUT2D eigenvalue weighted by molar-refractivity contribution is 9.10. The molecule has 0 aliphatic rings. The summed E-state index contributed by atoms with van der Waals surface area (Å²) in [6.07, 6.45) is 0.883. The van der Waals surface area contributed by atoms with Gasteiger partial charge in [0.25, 0.3) is 0 Å². The van der Waals surface area contributed by atoms with Crippen LogP contribution in [0, 0.1) is 0 Å². The molecule has 2 rings (SSSR count). The van der Waals surface area contributed by atoms with E-state index in [9.17, 15) is 0 Å². The number of hydrogen-bond acceptors (Lipinski definition) is 2. The van der Waals surface area contributed by atoms with E-state index in [1.807, 2.05) is 19.1 Å². The third kappa shape index (κ3) is 1.99. The van der Waals surface area contributed by atoms with Crippen molar-refractivity contribution in [2.24, 2.45) is 5.73 Å². The monoisotopic (exact) mass is 253 g/mol. The van der Waals surface area contributed by atoms with E-state index < -0.39 is 0 Å². The summed E-state index contributed by atoms with van der Waals surface area (Å²) in [7, 11) is 0. The zero-order valence-electron chi connectivity index (χ0n) is 7.96. The molecular weight excluding hydrogens is 242 g/mol. The lowest BCUT2D eigenvalue weighted by Crippen LogP contribution is -2.17. The van der Waals surface area contributed by atoms with Crippen molar-refractivity contribution in [1.82, 2.24) is 0 Å². The van der Waals surface area contributed by atoms with Gasteiger partial charge in [-0.1, -0.05) is 12.1 Å². The van der Waals surface area contributed by atoms with Gasteiger partial charge in [-0.15, -0.1) is 0 Å². The van der Waals surface area contributed by atoms with Crippen LogP contribution in [0.15, 0.2) is 33.4 Å². The van der Waals surface area contributed by atoms with Crippen molar-refractivity contribution in [3.8, 4) is 0 Å². The second kappa shape index (κ2) is 3.75. The number of halogens is 1. The molecule has 2 aromatic rings. The average Bonchev–Trinajstić information content (AvgIpc) is 2.42. The fourth-order valence-corrected chi connectivity index (χ4v) is 1.96. The van der Waals surface area contributed by atoms with Crippen molar-refractivity contribution in [3.63, 3.8) is 0 Å². The molecule has 1 atom stereocenters. The van der Waals surface area contributed by atoms with Crippen LogP contribution in [-0.2, 0) is 6.42 Å². The van der Waals surface area contributed by atoms with Gasteiger partial charge in [-0.05, 0) is 47.0 Å². The maximum atomic E-state index is 5.73. The third-order valence-electron chi connectivity index (χ3n) is 2.11. The Bertz CT molecular complexity index is 447. The fraction of sp³-hybridized carbons (Fsp3) is 0.273. The van der Waals surface area contributed by atoms with Crippen LogP contribution in [0.3, 0.4) is 0 Å². The molecule has 14 heavy (non-hydrogen) atoms. The summed E-state index contributed by atoms with van der Waals surface area (Å²) in [5, 5.41) is 1.12. The van der Waals surface area contributed by atoms with Gasteiger partial charge in [0.15, 0.2) is 4.67 Å². The van der Waals surface area contributed by atoms with Crippen LogP contribution in [0.25, 0.3) is 11.0 Å². The van der Waals surface area contributed by atoms with Gasteiger partial charge in [0.2, 0.25) is 0 Å². The summed E-state index contributed by atoms with van der Waals surface area (Å²) in [4.78, 5) is 0. The Morgan fingerprint density at radius 1 is 1.43 bits per heavy atom. The van der Waals surface area contributed by atoms with Gasteiger partial charge < -0.3 is 10.2 Å². The standard InChI is InChI=1S/C11H12BrNO/c1-7(13)4-8-2-3-9-6-11(12)14-10(9)5-8/h2-3,5-7H,4,13H2,1H3. The van der Waals surface area contributed by atoms with E-state index in [0.717, 1.165) is 22.1 Å². The third-order valence-corrected chi connectivity index (χ3v) is 2.50. The van der Waals surface area contributed by atoms with Gasteiger partial charge in [0.05, 0.1) is 0 Å². The summed E-state index contributed by atoms with van der Waals surface area (Å²) >= 11 is 3.31. The Balaban J connectivity index is 2.40. The molecule has 0 spiro atoms. The first-order valence-electron chi connectivity index (χ1n) is 4.59. The van der Waals surface area contributed by atoms with Crippen molar-refractivity contribution in [1.29, 1.82) is 0 Å². The van der Waals surface area contributed by atoms with E-state index >= 15 is 0 Å². The van der Waals surface area contributed by atoms with E-state index in [2.05, 4.69) is 28.1 Å². The molecule has 2 N–H and O–H groups in total. The second-order valence-corrected chi connectivity index (χ2v) is 4.39. The number of furan rings is 1. The smallest absolute Gasteiger partial charge is 0.170 e. The molecule has 0 saturated carbocycles. The topological polar surface area (TPSA) is 39.2 Å². The molecule has 0 aliphatic heterocycles. The molecule has 1 heterocycles. The maximum Gasteiger partial charge on any atom is 0.170 e. The van der Waals surface area contributed by atoms with Crippen LogP contribution < -0.4 is 5.73 Å². The molecule has 0 radical (unpaired) electrons. The SMILES string of the molecule is CC(N)Cc1ccc2cc(Br)oc2c1. The first kappa shape index (κ1) is 9.74. The normalized spacial score (nSPS) is 13.4. The van der Waals surface area contributed by atoms with E-state index in [4.69, 9.17) is 10.2 Å². The fourth-order valence-electron chi connectivity index (χ4n) is 1.54. The lowest BCUT2D eigenvalue weighted by atomic mass is 10.1. The minimum atomic E-state index is 0.186. The number of benzene rings is 1. The van der Waals surface area contributed by atoms with Gasteiger partial charge >= 0.3 is 0 Å². The number of hydrogen-bond donors (Lipinski definition) is 1. The number of nitrogens with two attached hydrogens (primary N) is 1. The van der Waals surface area contributed by atoms with Crippen molar-refractivity contribution in [3.05, 3.63) is 34.5 Å². The van der Waals surface area contributed by atoms with E-state index in [-0.39, 0.29) is 6.04 Å². The first-order chi connectivity index (χ1) is 6.65. The summed E-state index contributed by atoms with van der Waals surface area (Å²) in [5.74, 6) is 0. The van der Waals surface area contributed by atoms with Crippen LogP contribution in [0.5, 0.6) is 0 Å². The van der Waals surface area contributed by atoms with Gasteiger partial charge in [-0.25, -0.2) is 0 Å². The summed E-state index contributed by atoms with van der Waals surface area (Å²) in [6, 6.07) is 8.34. The molecule has 0 aliphatic carbocycles. The molecule has 3 heteroatoms. The molecular formula is C11H12BrNO. The molecule has 2 nitrogen and oxygen atoms in total. The number of rotatable bonds is 2. The minimum absolute atomic E-state index is 0.186. The minimum Gasteiger partial charge on any atom is -0.449 e. The van der Waals surface area contributed by atoms with Crippen LogP contribution in [-0.4, -0.2) is 6.04 Å². The molecule has 1 unspecified atom stereocenters. The van der Waals surface area contributed by atoms with Gasteiger partial charge in [0, 0.05) is 11.4 Å².